The third kappa shape index (κ3) is 4.04. The fourth-order valence-electron chi connectivity index (χ4n) is 3.12. The van der Waals surface area contributed by atoms with Crippen molar-refractivity contribution < 1.29 is 23.6 Å². The minimum atomic E-state index is -0.230. The van der Waals surface area contributed by atoms with Crippen LogP contribution in [-0.2, 0) is 9.47 Å². The molecule has 4 rings (SSSR count). The van der Waals surface area contributed by atoms with Crippen LogP contribution in [0, 0.1) is 13.8 Å². The highest BCUT2D eigenvalue weighted by atomic mass is 16.6. The number of ether oxygens (including phenoxy) is 4. The van der Waals surface area contributed by atoms with Crippen molar-refractivity contribution in [2.24, 2.45) is 0 Å². The fraction of sp³-hybridized carbons (Fsp3) is 0.400. The Kier molecular flexibility index (Phi) is 5.22. The highest BCUT2D eigenvalue weighted by Gasteiger charge is 2.18. The molecule has 7 nitrogen and oxygen atoms in total. The Morgan fingerprint density at radius 2 is 1.63 bits per heavy atom. The standard InChI is InChI=1S/C20H22N2O5/c1-13-3-4-18-19(9-13)25-6-5-23-12-20(26-8-7-24-18)15-11-17-16(10-14(15)2)21-27-22-17/h3-4,9-11,20H,5-8,12H2,1-2H3. The van der Waals surface area contributed by atoms with Crippen molar-refractivity contribution in [1.29, 1.82) is 0 Å². The number of benzene rings is 2. The zero-order chi connectivity index (χ0) is 18.6. The van der Waals surface area contributed by atoms with Crippen LogP contribution in [0.15, 0.2) is 35.0 Å². The third-order valence-electron chi connectivity index (χ3n) is 4.50. The van der Waals surface area contributed by atoms with E-state index in [4.69, 9.17) is 23.6 Å². The van der Waals surface area contributed by atoms with Gasteiger partial charge in [-0.1, -0.05) is 6.07 Å². The van der Waals surface area contributed by atoms with Gasteiger partial charge in [0.15, 0.2) is 11.5 Å². The van der Waals surface area contributed by atoms with Gasteiger partial charge in [-0.2, -0.15) is 0 Å². The smallest absolute Gasteiger partial charge is 0.161 e. The number of rotatable bonds is 1. The van der Waals surface area contributed by atoms with E-state index in [1.165, 1.54) is 0 Å². The molecule has 1 aromatic heterocycles. The molecule has 2 aromatic carbocycles. The predicted octanol–water partition coefficient (Wildman–Crippen LogP) is 3.39. The van der Waals surface area contributed by atoms with Gasteiger partial charge in [-0.3, -0.25) is 0 Å². The summed E-state index contributed by atoms with van der Waals surface area (Å²) in [6.07, 6.45) is -0.230. The van der Waals surface area contributed by atoms with Crippen LogP contribution >= 0.6 is 0 Å². The summed E-state index contributed by atoms with van der Waals surface area (Å²) in [6, 6.07) is 9.77. The van der Waals surface area contributed by atoms with Crippen LogP contribution in [-0.4, -0.2) is 43.3 Å². The van der Waals surface area contributed by atoms with Gasteiger partial charge in [-0.05, 0) is 65.1 Å². The minimum absolute atomic E-state index is 0.230. The molecule has 1 unspecified atom stereocenters. The van der Waals surface area contributed by atoms with Gasteiger partial charge in [0, 0.05) is 0 Å². The quantitative estimate of drug-likeness (QED) is 0.650. The van der Waals surface area contributed by atoms with Gasteiger partial charge in [0.05, 0.1) is 19.8 Å². The van der Waals surface area contributed by atoms with Crippen molar-refractivity contribution >= 4 is 11.0 Å². The van der Waals surface area contributed by atoms with E-state index in [9.17, 15) is 0 Å². The van der Waals surface area contributed by atoms with E-state index in [2.05, 4.69) is 10.3 Å². The van der Waals surface area contributed by atoms with Crippen LogP contribution in [0.3, 0.4) is 0 Å². The Hall–Kier alpha value is -2.64. The fourth-order valence-corrected chi connectivity index (χ4v) is 3.12. The predicted molar refractivity (Wildman–Crippen MR) is 98.2 cm³/mol. The third-order valence-corrected chi connectivity index (χ3v) is 4.50. The number of aromatic nitrogens is 2. The molecule has 0 saturated heterocycles. The molecule has 27 heavy (non-hydrogen) atoms. The molecule has 2 heterocycles. The van der Waals surface area contributed by atoms with Crippen molar-refractivity contribution in [2.45, 2.75) is 20.0 Å². The molecule has 0 spiro atoms. The monoisotopic (exact) mass is 370 g/mol. The maximum Gasteiger partial charge on any atom is 0.161 e. The summed E-state index contributed by atoms with van der Waals surface area (Å²) < 4.78 is 28.4. The molecule has 1 atom stereocenters. The van der Waals surface area contributed by atoms with Gasteiger partial charge >= 0.3 is 0 Å². The average Bonchev–Trinajstić information content (AvgIpc) is 3.09. The van der Waals surface area contributed by atoms with Crippen LogP contribution in [0.25, 0.3) is 11.0 Å². The van der Waals surface area contributed by atoms with E-state index < -0.39 is 0 Å². The summed E-state index contributed by atoms with van der Waals surface area (Å²) in [5.41, 5.74) is 4.61. The van der Waals surface area contributed by atoms with Gasteiger partial charge in [0.2, 0.25) is 0 Å². The topological polar surface area (TPSA) is 75.8 Å². The van der Waals surface area contributed by atoms with Crippen molar-refractivity contribution in [3.8, 4) is 11.5 Å². The molecule has 0 saturated carbocycles. The second-order valence-electron chi connectivity index (χ2n) is 6.54. The van der Waals surface area contributed by atoms with E-state index >= 15 is 0 Å². The molecule has 0 aliphatic carbocycles. The Morgan fingerprint density at radius 3 is 2.52 bits per heavy atom. The van der Waals surface area contributed by atoms with E-state index in [0.717, 1.165) is 28.0 Å². The lowest BCUT2D eigenvalue weighted by atomic mass is 10.0. The minimum Gasteiger partial charge on any atom is -0.487 e. The van der Waals surface area contributed by atoms with Crippen LogP contribution in [0.5, 0.6) is 11.5 Å². The molecule has 1 aliphatic heterocycles. The van der Waals surface area contributed by atoms with Gasteiger partial charge in [0.1, 0.15) is 30.4 Å². The van der Waals surface area contributed by atoms with Crippen LogP contribution in [0.4, 0.5) is 0 Å². The Balaban J connectivity index is 1.51. The average molecular weight is 370 g/mol. The Morgan fingerprint density at radius 1 is 0.852 bits per heavy atom. The van der Waals surface area contributed by atoms with Gasteiger partial charge < -0.3 is 18.9 Å². The van der Waals surface area contributed by atoms with Gasteiger partial charge in [-0.25, -0.2) is 4.63 Å². The van der Waals surface area contributed by atoms with E-state index in [0.29, 0.717) is 44.3 Å². The number of nitrogens with zero attached hydrogens (tertiary/aromatic N) is 2. The second-order valence-corrected chi connectivity index (χ2v) is 6.54. The molecule has 142 valence electrons. The first-order valence-electron chi connectivity index (χ1n) is 8.99. The van der Waals surface area contributed by atoms with Crippen molar-refractivity contribution in [3.05, 3.63) is 47.0 Å². The first kappa shape index (κ1) is 17.8. The molecule has 0 bridgehead atoms. The largest absolute Gasteiger partial charge is 0.487 e. The zero-order valence-corrected chi connectivity index (χ0v) is 15.4. The van der Waals surface area contributed by atoms with Crippen molar-refractivity contribution in [1.82, 2.24) is 10.3 Å². The number of hydrogen-bond donors (Lipinski definition) is 0. The van der Waals surface area contributed by atoms with Crippen LogP contribution in [0.1, 0.15) is 22.8 Å². The summed E-state index contributed by atoms with van der Waals surface area (Å²) in [5, 5.41) is 7.81. The highest BCUT2D eigenvalue weighted by Crippen LogP contribution is 2.29. The first-order chi connectivity index (χ1) is 13.2. The molecule has 3 aromatic rings. The molecule has 1 aliphatic rings. The normalized spacial score (nSPS) is 18.7. The molecule has 0 fully saturated rings. The van der Waals surface area contributed by atoms with Crippen LogP contribution < -0.4 is 9.47 Å². The lowest BCUT2D eigenvalue weighted by molar-refractivity contribution is -0.0346. The number of hydrogen-bond acceptors (Lipinski definition) is 7. The van der Waals surface area contributed by atoms with Crippen LogP contribution in [0.2, 0.25) is 0 Å². The second kappa shape index (κ2) is 7.94. The maximum atomic E-state index is 6.08. The lowest BCUT2D eigenvalue weighted by Gasteiger charge is -2.22. The van der Waals surface area contributed by atoms with Gasteiger partial charge in [-0.15, -0.1) is 0 Å². The molecule has 0 radical (unpaired) electrons. The van der Waals surface area contributed by atoms with Gasteiger partial charge in [0.25, 0.3) is 0 Å². The molecule has 0 N–H and O–H groups in total. The molecule has 0 amide bonds. The zero-order valence-electron chi connectivity index (χ0n) is 15.4. The maximum absolute atomic E-state index is 6.08. The molecular formula is C20H22N2O5. The summed E-state index contributed by atoms with van der Waals surface area (Å²) in [6.45, 7) is 6.20. The SMILES string of the molecule is Cc1ccc2c(c1)OCCOCC(c1cc3nonc3cc1C)OCCO2. The van der Waals surface area contributed by atoms with E-state index in [1.54, 1.807) is 0 Å². The summed E-state index contributed by atoms with van der Waals surface area (Å²) in [5.74, 6) is 1.45. The molecular weight excluding hydrogens is 348 g/mol. The first-order valence-corrected chi connectivity index (χ1v) is 8.99. The highest BCUT2D eigenvalue weighted by molar-refractivity contribution is 5.75. The Bertz CT molecular complexity index is 924. The summed E-state index contributed by atoms with van der Waals surface area (Å²) in [7, 11) is 0. The molecule has 7 heteroatoms. The van der Waals surface area contributed by atoms with Crippen molar-refractivity contribution in [3.63, 3.8) is 0 Å². The van der Waals surface area contributed by atoms with E-state index in [1.807, 2.05) is 44.2 Å². The van der Waals surface area contributed by atoms with E-state index in [-0.39, 0.29) is 6.10 Å². The lowest BCUT2D eigenvalue weighted by Crippen LogP contribution is -2.20. The summed E-state index contributed by atoms with van der Waals surface area (Å²) in [4.78, 5) is 0. The Labute approximate surface area is 157 Å². The number of fused-ring (bicyclic) bond motifs is 2. The van der Waals surface area contributed by atoms with Crippen molar-refractivity contribution in [2.75, 3.05) is 33.0 Å². The summed E-state index contributed by atoms with van der Waals surface area (Å²) >= 11 is 0. The number of aryl methyl sites for hydroxylation is 2.